The number of methoxy groups -OCH3 is 3. The minimum Gasteiger partial charge on any atom is -0.493 e. The molecule has 0 saturated heterocycles. The molecule has 0 unspecified atom stereocenters. The fourth-order valence-electron chi connectivity index (χ4n) is 2.90. The molecule has 0 heterocycles. The maximum absolute atomic E-state index is 14.4. The molecule has 33 heavy (non-hydrogen) atoms. The van der Waals surface area contributed by atoms with Gasteiger partial charge in [-0.3, -0.25) is 4.72 Å². The van der Waals surface area contributed by atoms with Gasteiger partial charge in [-0.2, -0.15) is 0 Å². The Morgan fingerprint density at radius 1 is 0.879 bits per heavy atom. The molecule has 0 bridgehead atoms. The molecule has 170 valence electrons. The van der Waals surface area contributed by atoms with Gasteiger partial charge in [0.2, 0.25) is 0 Å². The average molecular weight is 469 g/mol. The van der Waals surface area contributed by atoms with Gasteiger partial charge in [0.05, 0.1) is 32.6 Å². The summed E-state index contributed by atoms with van der Waals surface area (Å²) in [6, 6.07) is 14.9. The number of hydrogen-bond acceptors (Lipinski definition) is 6. The molecular formula is C24H20FNO6S. The van der Waals surface area contributed by atoms with E-state index in [1.165, 1.54) is 33.5 Å². The molecule has 0 amide bonds. The van der Waals surface area contributed by atoms with E-state index in [0.29, 0.717) is 16.7 Å². The molecular weight excluding hydrogens is 449 g/mol. The smallest absolute Gasteiger partial charge is 0.337 e. The number of carbonyl (C=O) groups is 1. The van der Waals surface area contributed by atoms with Gasteiger partial charge in [0.15, 0.2) is 11.5 Å². The molecule has 7 nitrogen and oxygen atoms in total. The number of ether oxygens (including phenoxy) is 3. The van der Waals surface area contributed by atoms with Crippen LogP contribution in [-0.4, -0.2) is 35.7 Å². The quantitative estimate of drug-likeness (QED) is 0.436. The van der Waals surface area contributed by atoms with E-state index in [2.05, 4.69) is 16.6 Å². The Kier molecular flexibility index (Phi) is 7.20. The van der Waals surface area contributed by atoms with Gasteiger partial charge in [-0.1, -0.05) is 24.0 Å². The van der Waals surface area contributed by atoms with Gasteiger partial charge in [-0.15, -0.1) is 0 Å². The lowest BCUT2D eigenvalue weighted by Crippen LogP contribution is -2.15. The number of esters is 1. The third-order valence-electron chi connectivity index (χ3n) is 4.48. The van der Waals surface area contributed by atoms with Crippen molar-refractivity contribution in [1.82, 2.24) is 0 Å². The van der Waals surface area contributed by atoms with E-state index in [9.17, 15) is 17.6 Å². The molecule has 0 spiro atoms. The van der Waals surface area contributed by atoms with Crippen molar-refractivity contribution in [2.45, 2.75) is 4.90 Å². The molecule has 1 N–H and O–H groups in total. The van der Waals surface area contributed by atoms with Crippen LogP contribution in [0.15, 0.2) is 65.6 Å². The number of anilines is 1. The Hall–Kier alpha value is -4.03. The van der Waals surface area contributed by atoms with Gasteiger partial charge in [0.1, 0.15) is 10.7 Å². The molecule has 0 aliphatic rings. The number of nitrogens with one attached hydrogen (secondary N) is 1. The number of carbonyl (C=O) groups excluding carboxylic acids is 1. The van der Waals surface area contributed by atoms with E-state index >= 15 is 0 Å². The second-order valence-corrected chi connectivity index (χ2v) is 8.30. The van der Waals surface area contributed by atoms with Crippen LogP contribution >= 0.6 is 0 Å². The van der Waals surface area contributed by atoms with Crippen molar-refractivity contribution >= 4 is 21.7 Å². The van der Waals surface area contributed by atoms with Crippen molar-refractivity contribution in [3.05, 3.63) is 83.2 Å². The van der Waals surface area contributed by atoms with Crippen molar-refractivity contribution in [3.8, 4) is 23.3 Å². The van der Waals surface area contributed by atoms with Crippen LogP contribution in [0.25, 0.3) is 0 Å². The standard InChI is InChI=1S/C24H20FNO6S/c1-30-21-14-20(25)23(15-22(21)31-2)33(28,29)26-19-9-5-7-17(13-19)11-10-16-6-4-8-18(12-16)24(27)32-3/h4-9,12-15,26H,1-3H3. The highest BCUT2D eigenvalue weighted by molar-refractivity contribution is 7.92. The van der Waals surface area contributed by atoms with Crippen molar-refractivity contribution in [1.29, 1.82) is 0 Å². The Morgan fingerprint density at radius 3 is 2.12 bits per heavy atom. The van der Waals surface area contributed by atoms with Crippen LogP contribution in [0.1, 0.15) is 21.5 Å². The summed E-state index contributed by atoms with van der Waals surface area (Å²) in [4.78, 5) is 11.1. The number of hydrogen-bond donors (Lipinski definition) is 1. The molecule has 0 aromatic heterocycles. The molecule has 3 aromatic carbocycles. The number of sulfonamides is 1. The first-order valence-corrected chi connectivity index (χ1v) is 11.0. The number of halogens is 1. The SMILES string of the molecule is COC(=O)c1cccc(C#Cc2cccc(NS(=O)(=O)c3cc(OC)c(OC)cc3F)c2)c1. The zero-order chi connectivity index (χ0) is 24.0. The monoisotopic (exact) mass is 469 g/mol. The molecule has 0 saturated carbocycles. The Bertz CT molecular complexity index is 1360. The van der Waals surface area contributed by atoms with E-state index in [-0.39, 0.29) is 17.2 Å². The largest absolute Gasteiger partial charge is 0.493 e. The topological polar surface area (TPSA) is 90.9 Å². The van der Waals surface area contributed by atoms with Crippen molar-refractivity contribution in [3.63, 3.8) is 0 Å². The molecule has 0 atom stereocenters. The molecule has 9 heteroatoms. The zero-order valence-corrected chi connectivity index (χ0v) is 18.8. The van der Waals surface area contributed by atoms with E-state index in [4.69, 9.17) is 14.2 Å². The van der Waals surface area contributed by atoms with Gasteiger partial charge in [0, 0.05) is 23.3 Å². The number of rotatable bonds is 6. The normalized spacial score (nSPS) is 10.5. The summed E-state index contributed by atoms with van der Waals surface area (Å²) in [7, 11) is -0.327. The van der Waals surface area contributed by atoms with Crippen LogP contribution in [0.5, 0.6) is 11.5 Å². The first-order valence-electron chi connectivity index (χ1n) is 9.52. The fraction of sp³-hybridized carbons (Fsp3) is 0.125. The summed E-state index contributed by atoms with van der Waals surface area (Å²) in [6.45, 7) is 0. The Morgan fingerprint density at radius 2 is 1.48 bits per heavy atom. The fourth-order valence-corrected chi connectivity index (χ4v) is 4.02. The highest BCUT2D eigenvalue weighted by atomic mass is 32.2. The first-order chi connectivity index (χ1) is 15.8. The summed E-state index contributed by atoms with van der Waals surface area (Å²) in [5.74, 6) is 4.51. The summed E-state index contributed by atoms with van der Waals surface area (Å²) in [6.07, 6.45) is 0. The third-order valence-corrected chi connectivity index (χ3v) is 5.87. The molecule has 3 aromatic rings. The van der Waals surface area contributed by atoms with Crippen molar-refractivity contribution < 1.29 is 31.8 Å². The minimum absolute atomic E-state index is 0.0718. The van der Waals surface area contributed by atoms with Crippen LogP contribution in [0.3, 0.4) is 0 Å². The highest BCUT2D eigenvalue weighted by Gasteiger charge is 2.23. The van der Waals surface area contributed by atoms with Crippen LogP contribution < -0.4 is 14.2 Å². The predicted molar refractivity (Wildman–Crippen MR) is 121 cm³/mol. The third kappa shape index (κ3) is 5.61. The van der Waals surface area contributed by atoms with Gasteiger partial charge in [-0.25, -0.2) is 17.6 Å². The summed E-state index contributed by atoms with van der Waals surface area (Å²) in [5.41, 5.74) is 1.64. The molecule has 3 rings (SSSR count). The molecule has 0 fully saturated rings. The molecule has 0 aliphatic carbocycles. The average Bonchev–Trinajstić information content (AvgIpc) is 2.82. The second kappa shape index (κ2) is 10.1. The van der Waals surface area contributed by atoms with Crippen LogP contribution in [0.4, 0.5) is 10.1 Å². The number of benzene rings is 3. The van der Waals surface area contributed by atoms with Crippen LogP contribution in [0.2, 0.25) is 0 Å². The minimum atomic E-state index is -4.26. The zero-order valence-electron chi connectivity index (χ0n) is 18.0. The van der Waals surface area contributed by atoms with Crippen molar-refractivity contribution in [2.75, 3.05) is 26.1 Å². The predicted octanol–water partition coefficient (Wildman–Crippen LogP) is 3.83. The summed E-state index contributed by atoms with van der Waals surface area (Å²) >= 11 is 0. The van der Waals surface area contributed by atoms with Gasteiger partial charge >= 0.3 is 5.97 Å². The lowest BCUT2D eigenvalue weighted by atomic mass is 10.1. The summed E-state index contributed by atoms with van der Waals surface area (Å²) in [5, 5.41) is 0. The second-order valence-electron chi connectivity index (χ2n) is 6.65. The first kappa shape index (κ1) is 23.6. The molecule has 0 radical (unpaired) electrons. The van der Waals surface area contributed by atoms with Gasteiger partial charge in [0.25, 0.3) is 10.0 Å². The lowest BCUT2D eigenvalue weighted by molar-refractivity contribution is 0.0600. The Labute approximate surface area is 191 Å². The van der Waals surface area contributed by atoms with E-state index < -0.39 is 26.7 Å². The van der Waals surface area contributed by atoms with Crippen LogP contribution in [-0.2, 0) is 14.8 Å². The van der Waals surface area contributed by atoms with Crippen LogP contribution in [0, 0.1) is 17.7 Å². The van der Waals surface area contributed by atoms with Gasteiger partial charge in [-0.05, 0) is 36.4 Å². The maximum atomic E-state index is 14.4. The van der Waals surface area contributed by atoms with Crippen molar-refractivity contribution in [2.24, 2.45) is 0 Å². The lowest BCUT2D eigenvalue weighted by Gasteiger charge is -2.13. The van der Waals surface area contributed by atoms with E-state index in [1.807, 2.05) is 0 Å². The van der Waals surface area contributed by atoms with E-state index in [1.54, 1.807) is 36.4 Å². The summed E-state index contributed by atoms with van der Waals surface area (Å²) < 4.78 is 57.1. The highest BCUT2D eigenvalue weighted by Crippen LogP contribution is 2.32. The van der Waals surface area contributed by atoms with E-state index in [0.717, 1.165) is 12.1 Å². The maximum Gasteiger partial charge on any atom is 0.337 e. The molecule has 0 aliphatic heterocycles. The van der Waals surface area contributed by atoms with Gasteiger partial charge < -0.3 is 14.2 Å². The Balaban J connectivity index is 1.87.